The number of amides is 2. The van der Waals surface area contributed by atoms with Crippen LogP contribution in [0.4, 0.5) is 16.5 Å². The van der Waals surface area contributed by atoms with Gasteiger partial charge >= 0.3 is 6.03 Å². The van der Waals surface area contributed by atoms with E-state index < -0.39 is 0 Å². The maximum atomic E-state index is 12.6. The molecule has 130 valence electrons. The van der Waals surface area contributed by atoms with E-state index in [4.69, 9.17) is 4.42 Å². The number of anilines is 2. The molecular weight excluding hydrogens is 308 g/mol. The second-order valence-corrected chi connectivity index (χ2v) is 6.57. The summed E-state index contributed by atoms with van der Waals surface area (Å²) in [4.78, 5) is 20.5. The molecule has 2 heterocycles. The number of nitrogens with one attached hydrogen (secondary N) is 1. The molecule has 3 rings (SSSR count). The number of aromatic nitrogens is 1. The van der Waals surface area contributed by atoms with E-state index in [1.165, 1.54) is 0 Å². The molecule has 1 fully saturated rings. The van der Waals surface area contributed by atoms with Crippen LogP contribution in [0.5, 0.6) is 0 Å². The largest absolute Gasteiger partial charge is 0.423 e. The lowest BCUT2D eigenvalue weighted by atomic mass is 9.91. The first kappa shape index (κ1) is 16.6. The molecule has 0 radical (unpaired) electrons. The SMILES string of the molecule is CC1CCCN(C(=O)Nc2ccc3nc(N(C)C)oc3c2)C1CO. The molecule has 24 heavy (non-hydrogen) atoms. The van der Waals surface area contributed by atoms with Gasteiger partial charge in [0.1, 0.15) is 5.52 Å². The Morgan fingerprint density at radius 3 is 3.00 bits per heavy atom. The third-order valence-electron chi connectivity index (χ3n) is 4.57. The zero-order valence-corrected chi connectivity index (χ0v) is 14.3. The van der Waals surface area contributed by atoms with E-state index in [2.05, 4.69) is 17.2 Å². The molecule has 0 aliphatic carbocycles. The molecule has 1 aromatic heterocycles. The highest BCUT2D eigenvalue weighted by atomic mass is 16.4. The number of hydrogen-bond donors (Lipinski definition) is 2. The monoisotopic (exact) mass is 332 g/mol. The van der Waals surface area contributed by atoms with Crippen molar-refractivity contribution in [2.45, 2.75) is 25.8 Å². The number of urea groups is 1. The first-order valence-electron chi connectivity index (χ1n) is 8.26. The normalized spacial score (nSPS) is 21.1. The fourth-order valence-electron chi connectivity index (χ4n) is 3.16. The Bertz CT molecular complexity index is 728. The first-order chi connectivity index (χ1) is 11.5. The highest BCUT2D eigenvalue weighted by molar-refractivity contribution is 5.92. The standard InChI is InChI=1S/C17H24N4O3/c1-11-5-4-8-21(14(11)10-22)16(23)18-12-6-7-13-15(9-12)24-17(19-13)20(2)3/h6-7,9,11,14,22H,4-5,8,10H2,1-3H3,(H,18,23). The zero-order valence-electron chi connectivity index (χ0n) is 14.3. The lowest BCUT2D eigenvalue weighted by Crippen LogP contribution is -2.51. The van der Waals surface area contributed by atoms with Gasteiger partial charge in [0.05, 0.1) is 12.6 Å². The van der Waals surface area contributed by atoms with Crippen LogP contribution in [0.1, 0.15) is 19.8 Å². The quantitative estimate of drug-likeness (QED) is 0.902. The Morgan fingerprint density at radius 1 is 1.50 bits per heavy atom. The van der Waals surface area contributed by atoms with Crippen LogP contribution in [0.15, 0.2) is 22.6 Å². The molecule has 2 atom stereocenters. The smallest absolute Gasteiger partial charge is 0.322 e. The summed E-state index contributed by atoms with van der Waals surface area (Å²) in [6.45, 7) is 2.72. The Kier molecular flexibility index (Phi) is 4.62. The van der Waals surface area contributed by atoms with E-state index in [1.54, 1.807) is 15.9 Å². The van der Waals surface area contributed by atoms with Crippen molar-refractivity contribution in [3.8, 4) is 0 Å². The van der Waals surface area contributed by atoms with Crippen LogP contribution in [0.2, 0.25) is 0 Å². The van der Waals surface area contributed by atoms with Crippen LogP contribution in [0.25, 0.3) is 11.1 Å². The number of hydrogen-bond acceptors (Lipinski definition) is 5. The van der Waals surface area contributed by atoms with Crippen molar-refractivity contribution in [3.05, 3.63) is 18.2 Å². The van der Waals surface area contributed by atoms with Crippen LogP contribution in [0, 0.1) is 5.92 Å². The van der Waals surface area contributed by atoms with E-state index in [0.717, 1.165) is 18.4 Å². The van der Waals surface area contributed by atoms with Crippen LogP contribution < -0.4 is 10.2 Å². The Labute approximate surface area is 141 Å². The number of aliphatic hydroxyl groups is 1. The number of piperidine rings is 1. The van der Waals surface area contributed by atoms with Crippen LogP contribution >= 0.6 is 0 Å². The number of rotatable bonds is 3. The second kappa shape index (κ2) is 6.68. The van der Waals surface area contributed by atoms with E-state index >= 15 is 0 Å². The minimum absolute atomic E-state index is 0.0120. The molecule has 1 saturated heterocycles. The molecule has 2 amide bonds. The average molecular weight is 332 g/mol. The van der Waals surface area contributed by atoms with Crippen molar-refractivity contribution in [2.24, 2.45) is 5.92 Å². The summed E-state index contributed by atoms with van der Waals surface area (Å²) in [5.41, 5.74) is 2.03. The molecule has 1 aliphatic rings. The molecule has 0 saturated carbocycles. The lowest BCUT2D eigenvalue weighted by molar-refractivity contribution is 0.0811. The molecule has 7 nitrogen and oxygen atoms in total. The van der Waals surface area contributed by atoms with Crippen molar-refractivity contribution in [1.82, 2.24) is 9.88 Å². The van der Waals surface area contributed by atoms with Crippen molar-refractivity contribution >= 4 is 28.8 Å². The highest BCUT2D eigenvalue weighted by Gasteiger charge is 2.31. The molecule has 1 aromatic carbocycles. The average Bonchev–Trinajstić information content (AvgIpc) is 2.98. The summed E-state index contributed by atoms with van der Waals surface area (Å²) in [6, 6.07) is 5.61. The summed E-state index contributed by atoms with van der Waals surface area (Å²) in [7, 11) is 3.72. The van der Waals surface area contributed by atoms with Gasteiger partial charge in [0.2, 0.25) is 0 Å². The third-order valence-corrected chi connectivity index (χ3v) is 4.57. The zero-order chi connectivity index (χ0) is 17.3. The van der Waals surface area contributed by atoms with E-state index in [9.17, 15) is 9.90 Å². The Hall–Kier alpha value is -2.28. The van der Waals surface area contributed by atoms with Crippen molar-refractivity contribution in [1.29, 1.82) is 0 Å². The van der Waals surface area contributed by atoms with Crippen LogP contribution in [-0.4, -0.2) is 54.3 Å². The number of benzene rings is 1. The van der Waals surface area contributed by atoms with Gasteiger partial charge in [-0.2, -0.15) is 4.98 Å². The number of nitrogens with zero attached hydrogens (tertiary/aromatic N) is 3. The predicted molar refractivity (Wildman–Crippen MR) is 93.3 cm³/mol. The fourth-order valence-corrected chi connectivity index (χ4v) is 3.16. The number of aliphatic hydroxyl groups excluding tert-OH is 1. The van der Waals surface area contributed by atoms with Gasteiger partial charge < -0.3 is 24.6 Å². The molecule has 0 bridgehead atoms. The number of fused-ring (bicyclic) bond motifs is 1. The third kappa shape index (κ3) is 3.17. The predicted octanol–water partition coefficient (Wildman–Crippen LogP) is 2.52. The molecular formula is C17H24N4O3. The Morgan fingerprint density at radius 2 is 2.29 bits per heavy atom. The van der Waals surface area contributed by atoms with Gasteiger partial charge in [-0.1, -0.05) is 6.92 Å². The first-order valence-corrected chi connectivity index (χ1v) is 8.26. The van der Waals surface area contributed by atoms with Crippen LogP contribution in [-0.2, 0) is 0 Å². The van der Waals surface area contributed by atoms with Crippen molar-refractivity contribution in [3.63, 3.8) is 0 Å². The molecule has 2 unspecified atom stereocenters. The highest BCUT2D eigenvalue weighted by Crippen LogP contribution is 2.26. The molecule has 2 N–H and O–H groups in total. The molecule has 2 aromatic rings. The molecule has 1 aliphatic heterocycles. The van der Waals surface area contributed by atoms with E-state index in [1.807, 2.05) is 26.2 Å². The van der Waals surface area contributed by atoms with Gasteiger partial charge in [-0.15, -0.1) is 0 Å². The minimum atomic E-state index is -0.188. The summed E-state index contributed by atoms with van der Waals surface area (Å²) >= 11 is 0. The summed E-state index contributed by atoms with van der Waals surface area (Å²) in [5, 5.41) is 12.5. The van der Waals surface area contributed by atoms with Crippen molar-refractivity contribution in [2.75, 3.05) is 37.5 Å². The molecule has 7 heteroatoms. The summed E-state index contributed by atoms with van der Waals surface area (Å²) in [5.74, 6) is 0.300. The maximum Gasteiger partial charge on any atom is 0.322 e. The number of oxazole rings is 1. The van der Waals surface area contributed by atoms with Crippen LogP contribution in [0.3, 0.4) is 0 Å². The van der Waals surface area contributed by atoms with Gasteiger partial charge in [0.25, 0.3) is 6.01 Å². The van der Waals surface area contributed by atoms with Crippen molar-refractivity contribution < 1.29 is 14.3 Å². The van der Waals surface area contributed by atoms with E-state index in [0.29, 0.717) is 29.7 Å². The maximum absolute atomic E-state index is 12.6. The number of carbonyl (C=O) groups is 1. The second-order valence-electron chi connectivity index (χ2n) is 6.57. The van der Waals surface area contributed by atoms with Gasteiger partial charge in [0.15, 0.2) is 5.58 Å². The number of likely N-dealkylation sites (tertiary alicyclic amines) is 1. The summed E-state index contributed by atoms with van der Waals surface area (Å²) in [6.07, 6.45) is 1.99. The summed E-state index contributed by atoms with van der Waals surface area (Å²) < 4.78 is 5.67. The topological polar surface area (TPSA) is 81.8 Å². The Balaban J connectivity index is 1.77. The lowest BCUT2D eigenvalue weighted by Gasteiger charge is -2.38. The molecule has 0 spiro atoms. The van der Waals surface area contributed by atoms with Gasteiger partial charge in [-0.25, -0.2) is 4.79 Å². The van der Waals surface area contributed by atoms with E-state index in [-0.39, 0.29) is 18.7 Å². The minimum Gasteiger partial charge on any atom is -0.423 e. The number of carbonyl (C=O) groups excluding carboxylic acids is 1. The van der Waals surface area contributed by atoms with Gasteiger partial charge in [0, 0.05) is 32.4 Å². The van der Waals surface area contributed by atoms with Gasteiger partial charge in [-0.05, 0) is 30.9 Å². The fraction of sp³-hybridized carbons (Fsp3) is 0.529. The van der Waals surface area contributed by atoms with Gasteiger partial charge in [-0.3, -0.25) is 0 Å².